The van der Waals surface area contributed by atoms with Crippen LogP contribution >= 0.6 is 0 Å². The highest BCUT2D eigenvalue weighted by atomic mass is 16.5. The van der Waals surface area contributed by atoms with Crippen LogP contribution in [0, 0.1) is 0 Å². The molecule has 1 aromatic heterocycles. The molecule has 0 aromatic carbocycles. The molecule has 1 heterocycles. The number of hydrogen-bond acceptors (Lipinski definition) is 5. The predicted octanol–water partition coefficient (Wildman–Crippen LogP) is 0.185. The highest BCUT2D eigenvalue weighted by Crippen LogP contribution is 2.01. The highest BCUT2D eigenvalue weighted by Gasteiger charge is 2.11. The molecule has 1 atom stereocenters. The van der Waals surface area contributed by atoms with Gasteiger partial charge in [-0.1, -0.05) is 6.92 Å². The lowest BCUT2D eigenvalue weighted by atomic mass is 10.3. The summed E-state index contributed by atoms with van der Waals surface area (Å²) in [6.07, 6.45) is 2.85. The molecule has 0 amide bonds. The summed E-state index contributed by atoms with van der Waals surface area (Å²) in [5, 5.41) is 14.0. The molecule has 0 aliphatic heterocycles. The number of nitrogen functional groups attached to an aromatic ring is 1. The Labute approximate surface area is 108 Å². The molecule has 0 bridgehead atoms. The third-order valence-corrected chi connectivity index (χ3v) is 2.72. The van der Waals surface area contributed by atoms with Gasteiger partial charge >= 0.3 is 0 Å². The van der Waals surface area contributed by atoms with E-state index in [0.29, 0.717) is 25.4 Å². The summed E-state index contributed by atoms with van der Waals surface area (Å²) < 4.78 is 6.97. The van der Waals surface area contributed by atoms with Gasteiger partial charge in [-0.2, -0.15) is 5.10 Å². The molecule has 0 saturated heterocycles. The summed E-state index contributed by atoms with van der Waals surface area (Å²) in [7, 11) is 0. The number of aromatic nitrogens is 2. The van der Waals surface area contributed by atoms with Crippen LogP contribution in [0.1, 0.15) is 13.8 Å². The number of nitrogens with two attached hydrogens (primary N) is 1. The van der Waals surface area contributed by atoms with Gasteiger partial charge < -0.3 is 15.6 Å². The molecule has 0 radical (unpaired) electrons. The van der Waals surface area contributed by atoms with Crippen molar-refractivity contribution in [2.45, 2.75) is 26.5 Å². The predicted molar refractivity (Wildman–Crippen MR) is 71.3 cm³/mol. The van der Waals surface area contributed by atoms with E-state index in [1.165, 1.54) is 0 Å². The molecule has 0 saturated carbocycles. The van der Waals surface area contributed by atoms with E-state index in [-0.39, 0.29) is 0 Å². The van der Waals surface area contributed by atoms with Crippen molar-refractivity contribution in [2.75, 3.05) is 38.6 Å². The van der Waals surface area contributed by atoms with E-state index in [2.05, 4.69) is 16.9 Å². The molecule has 0 aliphatic rings. The first kappa shape index (κ1) is 14.9. The van der Waals surface area contributed by atoms with Gasteiger partial charge in [0.25, 0.3) is 0 Å². The number of aliphatic hydroxyl groups excluding tert-OH is 1. The lowest BCUT2D eigenvalue weighted by Crippen LogP contribution is -2.36. The topological polar surface area (TPSA) is 76.5 Å². The average molecular weight is 256 g/mol. The Morgan fingerprint density at radius 3 is 2.89 bits per heavy atom. The molecule has 6 heteroatoms. The highest BCUT2D eigenvalue weighted by molar-refractivity contribution is 5.30. The van der Waals surface area contributed by atoms with E-state index >= 15 is 0 Å². The maximum Gasteiger partial charge on any atom is 0.0862 e. The fourth-order valence-corrected chi connectivity index (χ4v) is 1.77. The number of nitrogens with zero attached hydrogens (tertiary/aromatic N) is 3. The fraction of sp³-hybridized carbons (Fsp3) is 0.750. The van der Waals surface area contributed by atoms with Crippen LogP contribution in [-0.4, -0.2) is 58.7 Å². The Hall–Kier alpha value is -1.11. The first-order valence-corrected chi connectivity index (χ1v) is 6.41. The van der Waals surface area contributed by atoms with Gasteiger partial charge in [-0.15, -0.1) is 0 Å². The fourth-order valence-electron chi connectivity index (χ4n) is 1.77. The van der Waals surface area contributed by atoms with E-state index in [4.69, 9.17) is 10.5 Å². The van der Waals surface area contributed by atoms with E-state index < -0.39 is 6.10 Å². The van der Waals surface area contributed by atoms with Crippen LogP contribution in [-0.2, 0) is 11.3 Å². The van der Waals surface area contributed by atoms with Crippen LogP contribution in [0.15, 0.2) is 12.4 Å². The zero-order chi connectivity index (χ0) is 13.4. The maximum absolute atomic E-state index is 9.99. The molecule has 1 unspecified atom stereocenters. The Balaban J connectivity index is 2.30. The summed E-state index contributed by atoms with van der Waals surface area (Å²) in [4.78, 5) is 2.16. The SMILES string of the molecule is CCOCCN(CC)CC(O)Cn1cc(N)cn1. The minimum atomic E-state index is -0.453. The number of aliphatic hydroxyl groups is 1. The third-order valence-electron chi connectivity index (χ3n) is 2.72. The lowest BCUT2D eigenvalue weighted by molar-refractivity contribution is 0.0702. The molecule has 0 fully saturated rings. The van der Waals surface area contributed by atoms with Gasteiger partial charge in [0.2, 0.25) is 0 Å². The molecule has 18 heavy (non-hydrogen) atoms. The van der Waals surface area contributed by atoms with Crippen molar-refractivity contribution in [1.29, 1.82) is 0 Å². The summed E-state index contributed by atoms with van der Waals surface area (Å²) >= 11 is 0. The molecular formula is C12H24N4O2. The van der Waals surface area contributed by atoms with Gasteiger partial charge in [-0.25, -0.2) is 0 Å². The van der Waals surface area contributed by atoms with Gasteiger partial charge in [0.05, 0.1) is 31.1 Å². The maximum atomic E-state index is 9.99. The Bertz CT molecular complexity index is 330. The van der Waals surface area contributed by atoms with Gasteiger partial charge in [0, 0.05) is 25.9 Å². The monoisotopic (exact) mass is 256 g/mol. The number of rotatable bonds is 9. The van der Waals surface area contributed by atoms with E-state index in [9.17, 15) is 5.11 Å². The standard InChI is InChI=1S/C12H24N4O2/c1-3-15(5-6-18-4-2)9-12(17)10-16-8-11(13)7-14-16/h7-8,12,17H,3-6,9-10,13H2,1-2H3. The van der Waals surface area contributed by atoms with Crippen LogP contribution in [0.25, 0.3) is 0 Å². The molecule has 3 N–H and O–H groups in total. The zero-order valence-corrected chi connectivity index (χ0v) is 11.2. The molecule has 1 rings (SSSR count). The molecular weight excluding hydrogens is 232 g/mol. The smallest absolute Gasteiger partial charge is 0.0862 e. The van der Waals surface area contributed by atoms with Crippen molar-refractivity contribution in [3.63, 3.8) is 0 Å². The van der Waals surface area contributed by atoms with Crippen LogP contribution < -0.4 is 5.73 Å². The minimum Gasteiger partial charge on any atom is -0.396 e. The second-order valence-corrected chi connectivity index (χ2v) is 4.24. The van der Waals surface area contributed by atoms with Crippen LogP contribution in [0.4, 0.5) is 5.69 Å². The molecule has 6 nitrogen and oxygen atoms in total. The number of anilines is 1. The van der Waals surface area contributed by atoms with Crippen molar-refractivity contribution in [2.24, 2.45) is 0 Å². The van der Waals surface area contributed by atoms with Crippen molar-refractivity contribution < 1.29 is 9.84 Å². The summed E-state index contributed by atoms with van der Waals surface area (Å²) in [5.74, 6) is 0. The normalized spacial score (nSPS) is 13.1. The summed E-state index contributed by atoms with van der Waals surface area (Å²) in [5.41, 5.74) is 6.19. The van der Waals surface area contributed by atoms with E-state index in [0.717, 1.165) is 19.7 Å². The second kappa shape index (κ2) is 8.07. The van der Waals surface area contributed by atoms with Crippen molar-refractivity contribution >= 4 is 5.69 Å². The van der Waals surface area contributed by atoms with Crippen LogP contribution in [0.2, 0.25) is 0 Å². The summed E-state index contributed by atoms with van der Waals surface area (Å²) in [6, 6.07) is 0. The molecule has 1 aromatic rings. The lowest BCUT2D eigenvalue weighted by Gasteiger charge is -2.23. The van der Waals surface area contributed by atoms with Gasteiger partial charge in [0.1, 0.15) is 0 Å². The number of hydrogen-bond donors (Lipinski definition) is 2. The Morgan fingerprint density at radius 2 is 2.33 bits per heavy atom. The average Bonchev–Trinajstić information content (AvgIpc) is 2.73. The molecule has 0 aliphatic carbocycles. The summed E-state index contributed by atoms with van der Waals surface area (Å²) in [6.45, 7) is 8.29. The van der Waals surface area contributed by atoms with Gasteiger partial charge in [-0.05, 0) is 13.5 Å². The minimum absolute atomic E-state index is 0.453. The first-order valence-electron chi connectivity index (χ1n) is 6.41. The molecule has 0 spiro atoms. The number of likely N-dealkylation sites (N-methyl/N-ethyl adjacent to an activating group) is 1. The van der Waals surface area contributed by atoms with E-state index in [1.807, 2.05) is 6.92 Å². The van der Waals surface area contributed by atoms with Gasteiger partial charge in [-0.3, -0.25) is 9.58 Å². The quantitative estimate of drug-likeness (QED) is 0.617. The number of ether oxygens (including phenoxy) is 1. The Kier molecular flexibility index (Phi) is 6.70. The second-order valence-electron chi connectivity index (χ2n) is 4.24. The molecule has 104 valence electrons. The van der Waals surface area contributed by atoms with Crippen molar-refractivity contribution in [3.8, 4) is 0 Å². The zero-order valence-electron chi connectivity index (χ0n) is 11.2. The first-order chi connectivity index (χ1) is 8.65. The van der Waals surface area contributed by atoms with Crippen molar-refractivity contribution in [1.82, 2.24) is 14.7 Å². The Morgan fingerprint density at radius 1 is 1.56 bits per heavy atom. The largest absolute Gasteiger partial charge is 0.396 e. The van der Waals surface area contributed by atoms with Crippen molar-refractivity contribution in [3.05, 3.63) is 12.4 Å². The van der Waals surface area contributed by atoms with Crippen LogP contribution in [0.3, 0.4) is 0 Å². The van der Waals surface area contributed by atoms with Crippen LogP contribution in [0.5, 0.6) is 0 Å². The van der Waals surface area contributed by atoms with E-state index in [1.54, 1.807) is 17.1 Å². The third kappa shape index (κ3) is 5.48. The van der Waals surface area contributed by atoms with Gasteiger partial charge in [0.15, 0.2) is 0 Å².